The van der Waals surface area contributed by atoms with Gasteiger partial charge in [0.1, 0.15) is 5.75 Å². The number of aryl methyl sites for hydroxylation is 1. The molecule has 0 fully saturated rings. The smallest absolute Gasteiger partial charge is 0.185 e. The predicted molar refractivity (Wildman–Crippen MR) is 77.5 cm³/mol. The summed E-state index contributed by atoms with van der Waals surface area (Å²) < 4.78 is 5.09. The van der Waals surface area contributed by atoms with Crippen molar-refractivity contribution in [2.75, 3.05) is 7.11 Å². The van der Waals surface area contributed by atoms with Crippen LogP contribution in [0.1, 0.15) is 21.5 Å². The molecule has 0 aliphatic heterocycles. The first-order chi connectivity index (χ1) is 9.19. The number of hydrogen-bond acceptors (Lipinski definition) is 2. The monoisotopic (exact) mass is 252 g/mol. The van der Waals surface area contributed by atoms with Gasteiger partial charge in [-0.15, -0.1) is 0 Å². The van der Waals surface area contributed by atoms with Crippen molar-refractivity contribution in [1.29, 1.82) is 0 Å². The lowest BCUT2D eigenvalue weighted by Crippen LogP contribution is -1.94. The predicted octanol–water partition coefficient (Wildman–Crippen LogP) is 3.90. The molecule has 0 saturated carbocycles. The Morgan fingerprint density at radius 2 is 1.84 bits per heavy atom. The summed E-state index contributed by atoms with van der Waals surface area (Å²) in [5.41, 5.74) is 2.77. The summed E-state index contributed by atoms with van der Waals surface area (Å²) >= 11 is 0. The SMILES string of the molecule is COc1ccc(C=CC(=O)c2cccc(C)c2)cc1. The zero-order chi connectivity index (χ0) is 13.7. The molecule has 2 nitrogen and oxygen atoms in total. The number of ether oxygens (including phenoxy) is 1. The van der Waals surface area contributed by atoms with Crippen LogP contribution in [0.2, 0.25) is 0 Å². The molecular weight excluding hydrogens is 236 g/mol. The molecule has 2 rings (SSSR count). The lowest BCUT2D eigenvalue weighted by atomic mass is 10.1. The molecule has 2 heteroatoms. The molecule has 0 aliphatic carbocycles. The number of benzene rings is 2. The van der Waals surface area contributed by atoms with Crippen LogP contribution in [-0.2, 0) is 0 Å². The van der Waals surface area contributed by atoms with Crippen molar-refractivity contribution < 1.29 is 9.53 Å². The fourth-order valence-electron chi connectivity index (χ4n) is 1.78. The van der Waals surface area contributed by atoms with Crippen molar-refractivity contribution in [2.45, 2.75) is 6.92 Å². The number of carbonyl (C=O) groups excluding carboxylic acids is 1. The average Bonchev–Trinajstić information content (AvgIpc) is 2.45. The first kappa shape index (κ1) is 13.1. The lowest BCUT2D eigenvalue weighted by molar-refractivity contribution is 0.104. The van der Waals surface area contributed by atoms with Crippen LogP contribution in [0, 0.1) is 6.92 Å². The van der Waals surface area contributed by atoms with Gasteiger partial charge in [-0.1, -0.05) is 42.0 Å². The van der Waals surface area contributed by atoms with E-state index in [0.717, 1.165) is 16.9 Å². The summed E-state index contributed by atoms with van der Waals surface area (Å²) in [6, 6.07) is 15.2. The Kier molecular flexibility index (Phi) is 4.14. The summed E-state index contributed by atoms with van der Waals surface area (Å²) in [7, 11) is 1.63. The summed E-state index contributed by atoms with van der Waals surface area (Å²) in [5, 5.41) is 0. The zero-order valence-electron chi connectivity index (χ0n) is 11.1. The molecule has 19 heavy (non-hydrogen) atoms. The van der Waals surface area contributed by atoms with E-state index < -0.39 is 0 Å². The molecule has 96 valence electrons. The number of methoxy groups -OCH3 is 1. The second-order valence-corrected chi connectivity index (χ2v) is 4.34. The van der Waals surface area contributed by atoms with Gasteiger partial charge >= 0.3 is 0 Å². The quantitative estimate of drug-likeness (QED) is 0.609. The summed E-state index contributed by atoms with van der Waals surface area (Å²) in [6.07, 6.45) is 3.40. The van der Waals surface area contributed by atoms with Gasteiger partial charge in [0, 0.05) is 5.56 Å². The van der Waals surface area contributed by atoms with Gasteiger partial charge in [0.25, 0.3) is 0 Å². The van der Waals surface area contributed by atoms with E-state index in [1.807, 2.05) is 61.5 Å². The minimum Gasteiger partial charge on any atom is -0.497 e. The third-order valence-corrected chi connectivity index (χ3v) is 2.85. The highest BCUT2D eigenvalue weighted by molar-refractivity contribution is 6.06. The third kappa shape index (κ3) is 3.55. The zero-order valence-corrected chi connectivity index (χ0v) is 11.1. The normalized spacial score (nSPS) is 10.6. The highest BCUT2D eigenvalue weighted by atomic mass is 16.5. The van der Waals surface area contributed by atoms with E-state index in [0.29, 0.717) is 5.56 Å². The molecule has 2 aromatic carbocycles. The molecule has 0 saturated heterocycles. The van der Waals surface area contributed by atoms with Crippen LogP contribution < -0.4 is 4.74 Å². The largest absolute Gasteiger partial charge is 0.497 e. The standard InChI is InChI=1S/C17H16O2/c1-13-4-3-5-15(12-13)17(18)11-8-14-6-9-16(19-2)10-7-14/h3-12H,1-2H3. The van der Waals surface area contributed by atoms with Crippen LogP contribution in [0.5, 0.6) is 5.75 Å². The Hall–Kier alpha value is -2.35. The van der Waals surface area contributed by atoms with E-state index in [-0.39, 0.29) is 5.78 Å². The van der Waals surface area contributed by atoms with Crippen LogP contribution in [0.25, 0.3) is 6.08 Å². The second-order valence-electron chi connectivity index (χ2n) is 4.34. The van der Waals surface area contributed by atoms with E-state index in [1.165, 1.54) is 0 Å². The Bertz CT molecular complexity index is 595. The van der Waals surface area contributed by atoms with Gasteiger partial charge in [0.05, 0.1) is 7.11 Å². The molecular formula is C17H16O2. The topological polar surface area (TPSA) is 26.3 Å². The van der Waals surface area contributed by atoms with Crippen LogP contribution in [-0.4, -0.2) is 12.9 Å². The van der Waals surface area contributed by atoms with Gasteiger partial charge in [-0.05, 0) is 36.8 Å². The molecule has 0 heterocycles. The molecule has 2 aromatic rings. The minimum absolute atomic E-state index is 0.0134. The summed E-state index contributed by atoms with van der Waals surface area (Å²) in [5.74, 6) is 0.821. The third-order valence-electron chi connectivity index (χ3n) is 2.85. The lowest BCUT2D eigenvalue weighted by Gasteiger charge is -1.99. The Balaban J connectivity index is 2.11. The first-order valence-electron chi connectivity index (χ1n) is 6.12. The highest BCUT2D eigenvalue weighted by Gasteiger charge is 2.01. The molecule has 0 N–H and O–H groups in total. The highest BCUT2D eigenvalue weighted by Crippen LogP contribution is 2.13. The van der Waals surface area contributed by atoms with Crippen LogP contribution in [0.4, 0.5) is 0 Å². The number of carbonyl (C=O) groups is 1. The van der Waals surface area contributed by atoms with Crippen LogP contribution in [0.3, 0.4) is 0 Å². The molecule has 0 unspecified atom stereocenters. The summed E-state index contributed by atoms with van der Waals surface area (Å²) in [4.78, 5) is 12.0. The molecule has 0 aliphatic rings. The van der Waals surface area contributed by atoms with E-state index in [4.69, 9.17) is 4.74 Å². The fraction of sp³-hybridized carbons (Fsp3) is 0.118. The molecule has 0 spiro atoms. The van der Waals surface area contributed by atoms with Gasteiger partial charge in [0.2, 0.25) is 0 Å². The second kappa shape index (κ2) is 6.01. The van der Waals surface area contributed by atoms with Gasteiger partial charge in [-0.3, -0.25) is 4.79 Å². The maximum atomic E-state index is 12.0. The molecule has 0 bridgehead atoms. The van der Waals surface area contributed by atoms with E-state index in [2.05, 4.69) is 0 Å². The Labute approximate surface area is 113 Å². The van der Waals surface area contributed by atoms with Crippen molar-refractivity contribution in [3.63, 3.8) is 0 Å². The van der Waals surface area contributed by atoms with Crippen LogP contribution >= 0.6 is 0 Å². The average molecular weight is 252 g/mol. The van der Waals surface area contributed by atoms with E-state index >= 15 is 0 Å². The first-order valence-corrected chi connectivity index (χ1v) is 6.12. The van der Waals surface area contributed by atoms with Gasteiger partial charge in [-0.2, -0.15) is 0 Å². The van der Waals surface area contributed by atoms with Gasteiger partial charge < -0.3 is 4.74 Å². The Morgan fingerprint density at radius 1 is 1.11 bits per heavy atom. The molecule has 0 aromatic heterocycles. The maximum absolute atomic E-state index is 12.0. The van der Waals surface area contributed by atoms with E-state index in [9.17, 15) is 4.79 Å². The minimum atomic E-state index is 0.0134. The van der Waals surface area contributed by atoms with Crippen molar-refractivity contribution >= 4 is 11.9 Å². The number of allylic oxidation sites excluding steroid dienone is 1. The van der Waals surface area contributed by atoms with Crippen molar-refractivity contribution in [1.82, 2.24) is 0 Å². The molecule has 0 radical (unpaired) electrons. The molecule has 0 atom stereocenters. The van der Waals surface area contributed by atoms with Gasteiger partial charge in [-0.25, -0.2) is 0 Å². The maximum Gasteiger partial charge on any atom is 0.185 e. The van der Waals surface area contributed by atoms with E-state index in [1.54, 1.807) is 13.2 Å². The van der Waals surface area contributed by atoms with Crippen LogP contribution in [0.15, 0.2) is 54.6 Å². The fourth-order valence-corrected chi connectivity index (χ4v) is 1.78. The number of hydrogen-bond donors (Lipinski definition) is 0. The number of rotatable bonds is 4. The van der Waals surface area contributed by atoms with Gasteiger partial charge in [0.15, 0.2) is 5.78 Å². The number of ketones is 1. The van der Waals surface area contributed by atoms with Crippen molar-refractivity contribution in [3.05, 3.63) is 71.3 Å². The van der Waals surface area contributed by atoms with Crippen molar-refractivity contribution in [2.24, 2.45) is 0 Å². The molecule has 0 amide bonds. The summed E-state index contributed by atoms with van der Waals surface area (Å²) in [6.45, 7) is 1.98. The Morgan fingerprint density at radius 3 is 2.47 bits per heavy atom. The van der Waals surface area contributed by atoms with Crippen molar-refractivity contribution in [3.8, 4) is 5.75 Å².